The molecule has 0 saturated carbocycles. The Morgan fingerprint density at radius 1 is 1.33 bits per heavy atom. The molecule has 1 unspecified atom stereocenters. The highest BCUT2D eigenvalue weighted by Crippen LogP contribution is 2.23. The Bertz CT molecular complexity index is 552. The Morgan fingerprint density at radius 3 is 2.62 bits per heavy atom. The van der Waals surface area contributed by atoms with Gasteiger partial charge in [0.15, 0.2) is 9.84 Å². The van der Waals surface area contributed by atoms with Crippen molar-refractivity contribution in [2.45, 2.75) is 44.6 Å². The number of hydrogen-bond donors (Lipinski definition) is 1. The fourth-order valence-electron chi connectivity index (χ4n) is 2.95. The van der Waals surface area contributed by atoms with Crippen LogP contribution in [-0.2, 0) is 19.4 Å². The summed E-state index contributed by atoms with van der Waals surface area (Å²) in [6, 6.07) is -0.497. The molecule has 0 aromatic rings. The monoisotopic (exact) mass is 315 g/mol. The number of nitrogens with zero attached hydrogens (tertiary/aromatic N) is 1. The maximum atomic E-state index is 12.4. The normalized spacial score (nSPS) is 24.4. The first-order valence-electron chi connectivity index (χ1n) is 7.27. The Morgan fingerprint density at radius 2 is 2.10 bits per heavy atom. The van der Waals surface area contributed by atoms with Gasteiger partial charge >= 0.3 is 5.97 Å². The minimum atomic E-state index is -3.14. The average Bonchev–Trinajstić information content (AvgIpc) is 2.77. The third-order valence-electron chi connectivity index (χ3n) is 4.04. The van der Waals surface area contributed by atoms with Crippen LogP contribution in [-0.4, -0.2) is 54.4 Å². The van der Waals surface area contributed by atoms with Crippen LogP contribution in [0.5, 0.6) is 0 Å². The Kier molecular flexibility index (Phi) is 5.03. The molecule has 118 valence electrons. The number of carbonyl (C=O) groups excluding carboxylic acids is 1. The van der Waals surface area contributed by atoms with Gasteiger partial charge in [-0.2, -0.15) is 0 Å². The van der Waals surface area contributed by atoms with Crippen LogP contribution in [0.25, 0.3) is 0 Å². The smallest absolute Gasteiger partial charge is 0.323 e. The maximum Gasteiger partial charge on any atom is 0.323 e. The van der Waals surface area contributed by atoms with Crippen LogP contribution in [0, 0.1) is 0 Å². The molecule has 1 aliphatic carbocycles. The lowest BCUT2D eigenvalue weighted by atomic mass is 9.96. The summed E-state index contributed by atoms with van der Waals surface area (Å²) in [5, 5.41) is 8.97. The lowest BCUT2D eigenvalue weighted by Crippen LogP contribution is -2.44. The lowest BCUT2D eigenvalue weighted by Gasteiger charge is -2.27. The average molecular weight is 315 g/mol. The molecule has 7 heteroatoms. The highest BCUT2D eigenvalue weighted by Gasteiger charge is 2.35. The summed E-state index contributed by atoms with van der Waals surface area (Å²) in [5.41, 5.74) is 1.04. The number of aliphatic carboxylic acids is 1. The molecule has 0 bridgehead atoms. The van der Waals surface area contributed by atoms with Gasteiger partial charge in [0.05, 0.1) is 11.5 Å². The Hall–Kier alpha value is -1.37. The third kappa shape index (κ3) is 4.56. The van der Waals surface area contributed by atoms with Crippen LogP contribution in [0.4, 0.5) is 0 Å². The van der Waals surface area contributed by atoms with Gasteiger partial charge in [-0.05, 0) is 32.1 Å². The van der Waals surface area contributed by atoms with Crippen LogP contribution < -0.4 is 0 Å². The van der Waals surface area contributed by atoms with E-state index < -0.39 is 28.4 Å². The molecular formula is C14H21NO5S. The first kappa shape index (κ1) is 16.0. The fraction of sp³-hybridized carbons (Fsp3) is 0.714. The quantitative estimate of drug-likeness (QED) is 0.764. The van der Waals surface area contributed by atoms with E-state index in [0.717, 1.165) is 31.3 Å². The molecule has 0 aromatic carbocycles. The highest BCUT2D eigenvalue weighted by molar-refractivity contribution is 7.91. The van der Waals surface area contributed by atoms with Crippen molar-refractivity contribution in [2.75, 3.05) is 18.1 Å². The fourth-order valence-corrected chi connectivity index (χ4v) is 4.68. The third-order valence-corrected chi connectivity index (χ3v) is 5.79. The highest BCUT2D eigenvalue weighted by atomic mass is 32.2. The van der Waals surface area contributed by atoms with E-state index in [2.05, 4.69) is 0 Å². The first-order chi connectivity index (χ1) is 9.87. The minimum absolute atomic E-state index is 0.0315. The van der Waals surface area contributed by atoms with Gasteiger partial charge in [-0.25, -0.2) is 8.42 Å². The topological polar surface area (TPSA) is 91.8 Å². The van der Waals surface area contributed by atoms with E-state index in [1.54, 1.807) is 0 Å². The van der Waals surface area contributed by atoms with Crippen molar-refractivity contribution >= 4 is 21.7 Å². The molecule has 1 N–H and O–H groups in total. The second kappa shape index (κ2) is 6.60. The number of carboxylic acids is 1. The van der Waals surface area contributed by atoms with Gasteiger partial charge < -0.3 is 10.0 Å². The second-order valence-electron chi connectivity index (χ2n) is 5.76. The van der Waals surface area contributed by atoms with E-state index in [1.165, 1.54) is 4.90 Å². The van der Waals surface area contributed by atoms with Gasteiger partial charge in [-0.15, -0.1) is 0 Å². The van der Waals surface area contributed by atoms with Crippen molar-refractivity contribution in [3.8, 4) is 0 Å². The molecule has 1 fully saturated rings. The molecule has 0 aromatic heterocycles. The summed E-state index contributed by atoms with van der Waals surface area (Å²) in [7, 11) is -3.14. The van der Waals surface area contributed by atoms with Gasteiger partial charge in [0.25, 0.3) is 0 Å². The molecule has 1 heterocycles. The van der Waals surface area contributed by atoms with Gasteiger partial charge in [-0.1, -0.05) is 11.6 Å². The molecule has 1 aliphatic heterocycles. The van der Waals surface area contributed by atoms with Crippen LogP contribution in [0.15, 0.2) is 11.6 Å². The molecule has 1 saturated heterocycles. The summed E-state index contributed by atoms with van der Waals surface area (Å²) in [4.78, 5) is 24.6. The van der Waals surface area contributed by atoms with E-state index in [-0.39, 0.29) is 23.8 Å². The van der Waals surface area contributed by atoms with Crippen molar-refractivity contribution in [1.82, 2.24) is 4.90 Å². The standard InChI is InChI=1S/C14H21NO5S/c16-13(8-11-4-2-1-3-5-11)15(9-14(17)18)12-6-7-21(19,20)10-12/h4,12H,1-3,5-10H2,(H,17,18). The number of sulfone groups is 1. The molecular weight excluding hydrogens is 294 g/mol. The zero-order valence-corrected chi connectivity index (χ0v) is 12.8. The summed E-state index contributed by atoms with van der Waals surface area (Å²) in [6.45, 7) is -0.424. The van der Waals surface area contributed by atoms with Crippen molar-refractivity contribution in [3.05, 3.63) is 11.6 Å². The van der Waals surface area contributed by atoms with E-state index in [0.29, 0.717) is 6.42 Å². The summed E-state index contributed by atoms with van der Waals surface area (Å²) in [6.07, 6.45) is 6.60. The van der Waals surface area contributed by atoms with Crippen molar-refractivity contribution in [1.29, 1.82) is 0 Å². The van der Waals surface area contributed by atoms with Crippen LogP contribution >= 0.6 is 0 Å². The molecule has 1 atom stereocenters. The predicted octanol–water partition coefficient (Wildman–Crippen LogP) is 0.977. The van der Waals surface area contributed by atoms with Crippen LogP contribution in [0.1, 0.15) is 38.5 Å². The molecule has 0 spiro atoms. The van der Waals surface area contributed by atoms with Crippen molar-refractivity contribution in [3.63, 3.8) is 0 Å². The molecule has 1 amide bonds. The number of rotatable bonds is 5. The Labute approximate surface area is 124 Å². The van der Waals surface area contributed by atoms with E-state index >= 15 is 0 Å². The number of carbonyl (C=O) groups is 2. The molecule has 6 nitrogen and oxygen atoms in total. The molecule has 2 aliphatic rings. The van der Waals surface area contributed by atoms with Gasteiger partial charge in [0, 0.05) is 12.5 Å². The van der Waals surface area contributed by atoms with Gasteiger partial charge in [0.1, 0.15) is 6.54 Å². The summed E-state index contributed by atoms with van der Waals surface area (Å²) >= 11 is 0. The largest absolute Gasteiger partial charge is 0.480 e. The summed E-state index contributed by atoms with van der Waals surface area (Å²) < 4.78 is 23.1. The van der Waals surface area contributed by atoms with Crippen LogP contribution in [0.3, 0.4) is 0 Å². The summed E-state index contributed by atoms with van der Waals surface area (Å²) in [5.74, 6) is -1.47. The van der Waals surface area contributed by atoms with Gasteiger partial charge in [-0.3, -0.25) is 9.59 Å². The first-order valence-corrected chi connectivity index (χ1v) is 9.09. The zero-order chi connectivity index (χ0) is 15.5. The molecule has 2 rings (SSSR count). The zero-order valence-electron chi connectivity index (χ0n) is 12.0. The van der Waals surface area contributed by atoms with Crippen LogP contribution in [0.2, 0.25) is 0 Å². The second-order valence-corrected chi connectivity index (χ2v) is 7.99. The SMILES string of the molecule is O=C(O)CN(C(=O)CC1=CCCCC1)C1CCS(=O)(=O)C1. The van der Waals surface area contributed by atoms with Gasteiger partial charge in [0.2, 0.25) is 5.91 Å². The molecule has 21 heavy (non-hydrogen) atoms. The molecule has 0 radical (unpaired) electrons. The van der Waals surface area contributed by atoms with E-state index in [9.17, 15) is 18.0 Å². The van der Waals surface area contributed by atoms with E-state index in [1.807, 2.05) is 6.08 Å². The van der Waals surface area contributed by atoms with E-state index in [4.69, 9.17) is 5.11 Å². The maximum absolute atomic E-state index is 12.4. The lowest BCUT2D eigenvalue weighted by molar-refractivity contribution is -0.145. The number of amides is 1. The minimum Gasteiger partial charge on any atom is -0.480 e. The number of carboxylic acid groups (broad SMARTS) is 1. The number of hydrogen-bond acceptors (Lipinski definition) is 4. The predicted molar refractivity (Wildman–Crippen MR) is 77.6 cm³/mol. The van der Waals surface area contributed by atoms with Crippen molar-refractivity contribution < 1.29 is 23.1 Å². The number of allylic oxidation sites excluding steroid dienone is 1. The van der Waals surface area contributed by atoms with Crippen molar-refractivity contribution in [2.24, 2.45) is 0 Å². The Balaban J connectivity index is 2.06.